The molecule has 0 saturated carbocycles. The van der Waals surface area contributed by atoms with Crippen molar-refractivity contribution in [2.45, 2.75) is 58.5 Å². The van der Waals surface area contributed by atoms with Gasteiger partial charge in [-0.2, -0.15) is 10.2 Å². The molecule has 1 fully saturated rings. The molecule has 3 aliphatic heterocycles. The molecule has 0 bridgehead atoms. The number of benzene rings is 1. The third-order valence-corrected chi connectivity index (χ3v) is 8.17. The van der Waals surface area contributed by atoms with Crippen LogP contribution in [0.1, 0.15) is 51.6 Å². The van der Waals surface area contributed by atoms with Gasteiger partial charge in [-0.15, -0.1) is 0 Å². The van der Waals surface area contributed by atoms with Gasteiger partial charge in [0.25, 0.3) is 0 Å². The lowest BCUT2D eigenvalue weighted by molar-refractivity contribution is -0.126. The molecule has 2 atom stereocenters. The molecule has 1 aromatic carbocycles. The van der Waals surface area contributed by atoms with Gasteiger partial charge in [0, 0.05) is 68.3 Å². The zero-order chi connectivity index (χ0) is 28.1. The molecule has 5 rings (SSSR count). The zero-order valence-electron chi connectivity index (χ0n) is 23.2. The van der Waals surface area contributed by atoms with Crippen LogP contribution in [-0.4, -0.2) is 83.2 Å². The summed E-state index contributed by atoms with van der Waals surface area (Å²) in [4.78, 5) is 32.3. The van der Waals surface area contributed by atoms with E-state index in [1.807, 2.05) is 32.6 Å². The third-order valence-electron chi connectivity index (χ3n) is 8.17. The van der Waals surface area contributed by atoms with E-state index >= 15 is 0 Å². The van der Waals surface area contributed by atoms with Crippen molar-refractivity contribution in [3.05, 3.63) is 64.0 Å². The van der Waals surface area contributed by atoms with Gasteiger partial charge in [0.1, 0.15) is 11.6 Å². The Bertz CT molecular complexity index is 1340. The van der Waals surface area contributed by atoms with E-state index in [0.717, 1.165) is 22.9 Å². The van der Waals surface area contributed by atoms with E-state index in [1.165, 1.54) is 12.1 Å². The second kappa shape index (κ2) is 10.4. The van der Waals surface area contributed by atoms with Gasteiger partial charge in [0.15, 0.2) is 0 Å². The lowest BCUT2D eigenvalue weighted by Crippen LogP contribution is -2.61. The van der Waals surface area contributed by atoms with Crippen molar-refractivity contribution in [2.24, 2.45) is 0 Å². The Morgan fingerprint density at radius 2 is 1.95 bits per heavy atom. The maximum atomic E-state index is 14.3. The van der Waals surface area contributed by atoms with Gasteiger partial charge in [0.2, 0.25) is 11.8 Å². The maximum Gasteiger partial charge on any atom is 0.249 e. The maximum absolute atomic E-state index is 14.3. The van der Waals surface area contributed by atoms with Crippen LogP contribution in [0.5, 0.6) is 0 Å². The Kier molecular flexibility index (Phi) is 7.28. The Morgan fingerprint density at radius 1 is 1.18 bits per heavy atom. The van der Waals surface area contributed by atoms with E-state index in [-0.39, 0.29) is 36.9 Å². The predicted molar refractivity (Wildman–Crippen MR) is 144 cm³/mol. The molecule has 0 unspecified atom stereocenters. The van der Waals surface area contributed by atoms with E-state index in [1.54, 1.807) is 11.0 Å². The van der Waals surface area contributed by atoms with Crippen molar-refractivity contribution in [3.63, 3.8) is 0 Å². The van der Waals surface area contributed by atoms with Crippen molar-refractivity contribution >= 4 is 17.5 Å². The van der Waals surface area contributed by atoms with E-state index < -0.39 is 17.0 Å². The smallest absolute Gasteiger partial charge is 0.249 e. The first-order valence-electron chi connectivity index (χ1n) is 13.5. The minimum absolute atomic E-state index is 0.00969. The van der Waals surface area contributed by atoms with Crippen LogP contribution in [0.3, 0.4) is 0 Å². The molecule has 1 aromatic heterocycles. The molecular weight excluding hydrogens is 502 g/mol. The van der Waals surface area contributed by atoms with Crippen LogP contribution in [0.4, 0.5) is 14.5 Å². The minimum atomic E-state index is -0.637. The number of nitrogens with one attached hydrogen (secondary N) is 1. The van der Waals surface area contributed by atoms with Gasteiger partial charge in [-0.05, 0) is 44.0 Å². The van der Waals surface area contributed by atoms with E-state index in [9.17, 15) is 18.4 Å². The van der Waals surface area contributed by atoms with Crippen molar-refractivity contribution in [3.8, 4) is 0 Å². The van der Waals surface area contributed by atoms with E-state index in [2.05, 4.69) is 27.3 Å². The van der Waals surface area contributed by atoms with Gasteiger partial charge in [-0.1, -0.05) is 19.9 Å². The minimum Gasteiger partial charge on any atom is -0.333 e. The summed E-state index contributed by atoms with van der Waals surface area (Å²) in [5.41, 5.74) is 3.74. The Hall–Kier alpha value is -3.24. The number of rotatable bonds is 6. The number of nitrogens with zero attached hydrogens (tertiary/aromatic N) is 5. The van der Waals surface area contributed by atoms with Gasteiger partial charge >= 0.3 is 0 Å². The molecule has 4 heterocycles. The highest BCUT2D eigenvalue weighted by atomic mass is 19.1. The molecule has 1 saturated heterocycles. The van der Waals surface area contributed by atoms with Crippen molar-refractivity contribution < 1.29 is 18.4 Å². The fraction of sp³-hybridized carbons (Fsp3) is 0.517. The summed E-state index contributed by atoms with van der Waals surface area (Å²) in [6.07, 6.45) is 0.142. The molecule has 0 spiro atoms. The molecule has 208 valence electrons. The highest BCUT2D eigenvalue weighted by Crippen LogP contribution is 2.39. The number of amides is 2. The highest BCUT2D eigenvalue weighted by Gasteiger charge is 2.41. The first-order chi connectivity index (χ1) is 18.4. The van der Waals surface area contributed by atoms with Gasteiger partial charge < -0.3 is 15.1 Å². The lowest BCUT2D eigenvalue weighted by Gasteiger charge is -2.41. The standard InChI is InChI=1S/C29H36F2N6O2/c1-17-12-36(28(39)19(17)3)14-23-11-32-18(2)13-35(23)15-26(38)37-16-29(4,5)27-25(37)10-22(33-34-27)8-20-6-7-21(30)9-24(20)31/h6-7,9-10,18,23,32H,8,11-16H2,1-5H3/t18-,23-/m1/s1. The number of hydrogen-bond donors (Lipinski definition) is 1. The molecule has 0 radical (unpaired) electrons. The normalized spacial score (nSPS) is 23.1. The summed E-state index contributed by atoms with van der Waals surface area (Å²) in [5, 5.41) is 12.2. The van der Waals surface area contributed by atoms with Crippen LogP contribution in [0.25, 0.3) is 0 Å². The summed E-state index contributed by atoms with van der Waals surface area (Å²) < 4.78 is 27.7. The quantitative estimate of drug-likeness (QED) is 0.609. The Labute approximate surface area is 228 Å². The fourth-order valence-corrected chi connectivity index (χ4v) is 5.80. The Balaban J connectivity index is 1.34. The van der Waals surface area contributed by atoms with Crippen LogP contribution in [0, 0.1) is 11.6 Å². The molecule has 10 heteroatoms. The second-order valence-corrected chi connectivity index (χ2v) is 11.8. The second-order valence-electron chi connectivity index (χ2n) is 11.8. The van der Waals surface area contributed by atoms with Gasteiger partial charge in [0.05, 0.1) is 23.6 Å². The van der Waals surface area contributed by atoms with Crippen LogP contribution >= 0.6 is 0 Å². The number of carbonyl (C=O) groups is 2. The van der Waals surface area contributed by atoms with E-state index in [4.69, 9.17) is 0 Å². The van der Waals surface area contributed by atoms with Crippen molar-refractivity contribution in [2.75, 3.05) is 44.2 Å². The number of carbonyl (C=O) groups excluding carboxylic acids is 2. The van der Waals surface area contributed by atoms with Crippen LogP contribution in [0.15, 0.2) is 35.4 Å². The van der Waals surface area contributed by atoms with Crippen molar-refractivity contribution in [1.82, 2.24) is 25.3 Å². The average Bonchev–Trinajstić information content (AvgIpc) is 3.28. The van der Waals surface area contributed by atoms with Crippen molar-refractivity contribution in [1.29, 1.82) is 0 Å². The van der Waals surface area contributed by atoms with Gasteiger partial charge in [-0.3, -0.25) is 14.5 Å². The van der Waals surface area contributed by atoms with E-state index in [0.29, 0.717) is 49.7 Å². The average molecular weight is 539 g/mol. The highest BCUT2D eigenvalue weighted by molar-refractivity contribution is 5.97. The third kappa shape index (κ3) is 5.45. The number of hydrogen-bond acceptors (Lipinski definition) is 6. The molecule has 2 aromatic rings. The molecule has 0 aliphatic carbocycles. The lowest BCUT2D eigenvalue weighted by atomic mass is 9.91. The predicted octanol–water partition coefficient (Wildman–Crippen LogP) is 2.81. The molecule has 8 nitrogen and oxygen atoms in total. The Morgan fingerprint density at radius 3 is 2.64 bits per heavy atom. The largest absolute Gasteiger partial charge is 0.333 e. The first kappa shape index (κ1) is 27.3. The van der Waals surface area contributed by atoms with Crippen LogP contribution in [0.2, 0.25) is 0 Å². The number of halogens is 2. The zero-order valence-corrected chi connectivity index (χ0v) is 23.2. The molecule has 2 amide bonds. The molecule has 1 N–H and O–H groups in total. The number of fused-ring (bicyclic) bond motifs is 1. The summed E-state index contributed by atoms with van der Waals surface area (Å²) >= 11 is 0. The summed E-state index contributed by atoms with van der Waals surface area (Å²) in [6.45, 7) is 13.2. The molecular formula is C29H36F2N6O2. The summed E-state index contributed by atoms with van der Waals surface area (Å²) in [5.74, 6) is -1.25. The number of aromatic nitrogens is 2. The fourth-order valence-electron chi connectivity index (χ4n) is 5.80. The SMILES string of the molecule is CC1=C(C)C(=O)N(C[C@H]2CN[C@H](C)CN2CC(=O)N2CC(C)(C)c3nnc(Cc4ccc(F)cc4F)cc32)C1. The van der Waals surface area contributed by atoms with Crippen LogP contribution in [-0.2, 0) is 21.4 Å². The van der Waals surface area contributed by atoms with Crippen LogP contribution < -0.4 is 10.2 Å². The number of piperazine rings is 1. The molecule has 3 aliphatic rings. The summed E-state index contributed by atoms with van der Waals surface area (Å²) in [6, 6.07) is 5.51. The topological polar surface area (TPSA) is 81.7 Å². The number of anilines is 1. The first-order valence-corrected chi connectivity index (χ1v) is 13.5. The van der Waals surface area contributed by atoms with Gasteiger partial charge in [-0.25, -0.2) is 8.78 Å². The molecule has 39 heavy (non-hydrogen) atoms. The summed E-state index contributed by atoms with van der Waals surface area (Å²) in [7, 11) is 0. The monoisotopic (exact) mass is 538 g/mol.